The predicted molar refractivity (Wildman–Crippen MR) is 70.4 cm³/mol. The summed E-state index contributed by atoms with van der Waals surface area (Å²) < 4.78 is 34.4. The van der Waals surface area contributed by atoms with E-state index in [1.807, 2.05) is 0 Å². The second-order valence-electron chi connectivity index (χ2n) is 3.76. The monoisotopic (exact) mass is 334 g/mol. The van der Waals surface area contributed by atoms with Crippen LogP contribution >= 0.6 is 10.8 Å². The zero-order valence-corrected chi connectivity index (χ0v) is 12.6. The second-order valence-corrected chi connectivity index (χ2v) is 6.54. The minimum atomic E-state index is -5.12. The van der Waals surface area contributed by atoms with Crippen molar-refractivity contribution in [2.45, 2.75) is 5.50 Å². The summed E-state index contributed by atoms with van der Waals surface area (Å²) in [5, 5.41) is 21.4. The molecular weight excluding hydrogens is 320 g/mol. The van der Waals surface area contributed by atoms with Gasteiger partial charge in [0.2, 0.25) is 0 Å². The molecule has 118 valence electrons. The van der Waals surface area contributed by atoms with E-state index in [2.05, 4.69) is 3.63 Å². The number of nitrogens with zero attached hydrogens (tertiary/aromatic N) is 4. The van der Waals surface area contributed by atoms with Gasteiger partial charge < -0.3 is 0 Å². The molecule has 0 aliphatic heterocycles. The first-order valence-corrected chi connectivity index (χ1v) is 7.35. The van der Waals surface area contributed by atoms with Crippen LogP contribution in [0.5, 0.6) is 0 Å². The third-order valence-electron chi connectivity index (χ3n) is 1.66. The number of hydrogen-bond acceptors (Lipinski definition) is 7. The number of rotatable bonds is 5. The summed E-state index contributed by atoms with van der Waals surface area (Å²) in [6, 6.07) is 0. The molecule has 12 nitrogen and oxygen atoms in total. The molecule has 0 aromatic rings. The van der Waals surface area contributed by atoms with Gasteiger partial charge in [0.1, 0.15) is 25.7 Å². The number of hydrogen-bond donors (Lipinski definition) is 1. The predicted octanol–water partition coefficient (Wildman–Crippen LogP) is -0.963. The molecule has 0 aliphatic carbocycles. The maximum absolute atomic E-state index is 10.8. The van der Waals surface area contributed by atoms with Crippen molar-refractivity contribution in [2.24, 2.45) is 0 Å². The van der Waals surface area contributed by atoms with Crippen molar-refractivity contribution in [3.63, 3.8) is 0 Å². The van der Waals surface area contributed by atoms with E-state index in [1.54, 1.807) is 0 Å². The van der Waals surface area contributed by atoms with E-state index in [4.69, 9.17) is 4.55 Å². The van der Waals surface area contributed by atoms with Crippen LogP contribution in [-0.2, 0) is 14.0 Å². The summed E-state index contributed by atoms with van der Waals surface area (Å²) in [5.74, 6) is 0. The van der Waals surface area contributed by atoms with Gasteiger partial charge in [0, 0.05) is 0 Å². The van der Waals surface area contributed by atoms with Crippen molar-refractivity contribution in [1.82, 2.24) is 9.80 Å². The Bertz CT molecular complexity index is 503. The summed E-state index contributed by atoms with van der Waals surface area (Å²) in [4.78, 5) is 21.4. The lowest BCUT2D eigenvalue weighted by Crippen LogP contribution is -2.40. The van der Waals surface area contributed by atoms with Crippen LogP contribution < -0.4 is 0 Å². The van der Waals surface area contributed by atoms with Crippen molar-refractivity contribution < 1.29 is 26.4 Å². The summed E-state index contributed by atoms with van der Waals surface area (Å²) in [6.07, 6.45) is 0. The van der Waals surface area contributed by atoms with Crippen LogP contribution in [0.3, 0.4) is 0 Å². The topological polar surface area (TPSA) is 156 Å². The Labute approximate surface area is 117 Å². The summed E-state index contributed by atoms with van der Waals surface area (Å²) >= 11 is 0. The van der Waals surface area contributed by atoms with E-state index in [1.165, 1.54) is 38.0 Å². The highest BCUT2D eigenvalue weighted by Crippen LogP contribution is 2.29. The average molecular weight is 334 g/mol. The van der Waals surface area contributed by atoms with Gasteiger partial charge in [-0.25, -0.2) is 0 Å². The molecule has 0 aliphatic rings. The average Bonchev–Trinajstić information content (AvgIpc) is 2.11. The molecule has 14 heteroatoms. The molecule has 0 radical (unpaired) electrons. The van der Waals surface area contributed by atoms with Gasteiger partial charge in [-0.05, 0) is 28.2 Å². The highest BCUT2D eigenvalue weighted by atomic mass is 32.3. The fourth-order valence-electron chi connectivity index (χ4n) is 1.25. The van der Waals surface area contributed by atoms with Crippen LogP contribution in [-0.4, -0.2) is 71.4 Å². The van der Waals surface area contributed by atoms with E-state index in [9.17, 15) is 28.6 Å². The summed E-state index contributed by atoms with van der Waals surface area (Å²) in [6.45, 7) is 0. The lowest BCUT2D eigenvalue weighted by atomic mass is 10.8. The highest BCUT2D eigenvalue weighted by molar-refractivity contribution is 8.16. The molecular formula is C6H14N4O8S2. The molecule has 0 aromatic carbocycles. The van der Waals surface area contributed by atoms with Crippen molar-refractivity contribution in [1.29, 1.82) is 0 Å². The Morgan fingerprint density at radius 1 is 1.15 bits per heavy atom. The van der Waals surface area contributed by atoms with Gasteiger partial charge in [-0.3, -0.25) is 34.6 Å². The van der Waals surface area contributed by atoms with Gasteiger partial charge >= 0.3 is 15.9 Å². The molecule has 1 atom stereocenters. The molecule has 0 rings (SSSR count). The molecule has 0 saturated heterocycles. The molecule has 20 heavy (non-hydrogen) atoms. The zero-order valence-electron chi connectivity index (χ0n) is 11.0. The third kappa shape index (κ3) is 5.43. The first-order valence-electron chi connectivity index (χ1n) is 4.77. The van der Waals surface area contributed by atoms with Crippen molar-refractivity contribution >= 4 is 26.3 Å². The second kappa shape index (κ2) is 7.00. The fourth-order valence-corrected chi connectivity index (χ4v) is 3.73. The molecule has 0 amide bonds. The molecule has 0 heterocycles. The Morgan fingerprint density at radius 2 is 1.50 bits per heavy atom. The molecule has 0 aromatic heterocycles. The minimum absolute atomic E-state index is 0.152. The van der Waals surface area contributed by atoms with Crippen LogP contribution in [0.2, 0.25) is 0 Å². The van der Waals surface area contributed by atoms with Crippen LogP contribution in [0, 0.1) is 20.2 Å². The molecule has 0 fully saturated rings. The van der Waals surface area contributed by atoms with Crippen LogP contribution in [0.25, 0.3) is 0 Å². The van der Waals surface area contributed by atoms with Gasteiger partial charge in [-0.15, -0.1) is 0 Å². The zero-order chi connectivity index (χ0) is 16.2. The van der Waals surface area contributed by atoms with Crippen LogP contribution in [0.1, 0.15) is 0 Å². The van der Waals surface area contributed by atoms with Crippen molar-refractivity contribution in [3.8, 4) is 0 Å². The third-order valence-corrected chi connectivity index (χ3v) is 4.75. The molecule has 0 bridgehead atoms. The van der Waals surface area contributed by atoms with E-state index in [-0.39, 0.29) is 5.11 Å². The molecule has 0 saturated carbocycles. The maximum Gasteiger partial charge on any atom is 0.518 e. The Kier molecular flexibility index (Phi) is 6.59. The largest absolute Gasteiger partial charge is 0.518 e. The first-order chi connectivity index (χ1) is 8.88. The van der Waals surface area contributed by atoms with Crippen LogP contribution in [0.4, 0.5) is 0 Å². The Balaban J connectivity index is 6.25. The first kappa shape index (κ1) is 18.8. The van der Waals surface area contributed by atoms with E-state index < -0.39 is 36.5 Å². The van der Waals surface area contributed by atoms with Gasteiger partial charge in [0.15, 0.2) is 0 Å². The van der Waals surface area contributed by atoms with Crippen molar-refractivity contribution in [3.05, 3.63) is 20.2 Å². The van der Waals surface area contributed by atoms with Crippen molar-refractivity contribution in [2.75, 3.05) is 28.2 Å². The van der Waals surface area contributed by atoms with Gasteiger partial charge in [0.25, 0.3) is 0 Å². The SMILES string of the molecule is CN(C)C(N(C)C)=S(OS(=O)(=O)O)C([N+](=O)[O-])[N+](=O)[O-]. The van der Waals surface area contributed by atoms with E-state index >= 15 is 0 Å². The molecule has 0 spiro atoms. The lowest BCUT2D eigenvalue weighted by molar-refractivity contribution is -0.711. The number of nitro groups is 2. The quantitative estimate of drug-likeness (QED) is 0.218. The van der Waals surface area contributed by atoms with E-state index in [0.29, 0.717) is 0 Å². The Morgan fingerprint density at radius 3 is 1.70 bits per heavy atom. The highest BCUT2D eigenvalue weighted by Gasteiger charge is 2.43. The molecule has 1 N–H and O–H groups in total. The minimum Gasteiger partial charge on any atom is -0.265 e. The van der Waals surface area contributed by atoms with Gasteiger partial charge in [-0.2, -0.15) is 12.0 Å². The standard InChI is InChI=1S/C6H14N4O8S2/c1-7(2)5(8(3)4)19(18-20(15,16)17)6(9(11)12)10(13)14/h6H,1-4H3,(H,15,16,17). The summed E-state index contributed by atoms with van der Waals surface area (Å²) in [5.41, 5.74) is -2.57. The van der Waals surface area contributed by atoms with Gasteiger partial charge in [-0.1, -0.05) is 0 Å². The Hall–Kier alpha value is -1.19. The van der Waals surface area contributed by atoms with E-state index in [0.717, 1.165) is 0 Å². The smallest absolute Gasteiger partial charge is 0.265 e. The lowest BCUT2D eigenvalue weighted by Gasteiger charge is -2.23. The maximum atomic E-state index is 10.8. The normalized spacial score (nSPS) is 13.8. The molecule has 1 unspecified atom stereocenters. The van der Waals surface area contributed by atoms with Gasteiger partial charge in [0.05, 0.1) is 0 Å². The summed E-state index contributed by atoms with van der Waals surface area (Å²) in [7, 11) is -2.02. The van der Waals surface area contributed by atoms with Crippen LogP contribution in [0.15, 0.2) is 0 Å². The fraction of sp³-hybridized carbons (Fsp3) is 0.833.